The number of likely N-dealkylation sites (tertiary alicyclic amines) is 1. The highest BCUT2D eigenvalue weighted by Crippen LogP contribution is 2.40. The van der Waals surface area contributed by atoms with Crippen molar-refractivity contribution >= 4 is 21.9 Å². The minimum atomic E-state index is 0.411. The van der Waals surface area contributed by atoms with Gasteiger partial charge in [-0.25, -0.2) is 9.97 Å². The fraction of sp³-hybridized carbons (Fsp3) is 0.393. The van der Waals surface area contributed by atoms with E-state index in [-0.39, 0.29) is 0 Å². The molecule has 0 radical (unpaired) electrons. The molecule has 1 aliphatic rings. The number of aryl methyl sites for hydroxylation is 2. The van der Waals surface area contributed by atoms with Crippen molar-refractivity contribution in [2.24, 2.45) is 14.1 Å². The van der Waals surface area contributed by atoms with Gasteiger partial charge >= 0.3 is 0 Å². The van der Waals surface area contributed by atoms with E-state index in [1.165, 1.54) is 51.5 Å². The zero-order chi connectivity index (χ0) is 24.1. The van der Waals surface area contributed by atoms with Crippen LogP contribution in [0.1, 0.15) is 55.5 Å². The van der Waals surface area contributed by atoms with E-state index in [0.29, 0.717) is 11.8 Å². The number of hydrogen-bond acceptors (Lipinski definition) is 4. The molecule has 0 unspecified atom stereocenters. The molecular formula is C28H33N7. The second kappa shape index (κ2) is 8.64. The minimum Gasteiger partial charge on any atom is -0.354 e. The van der Waals surface area contributed by atoms with E-state index >= 15 is 0 Å². The fourth-order valence-electron chi connectivity index (χ4n) is 5.79. The predicted molar refractivity (Wildman–Crippen MR) is 140 cm³/mol. The number of fused-ring (bicyclic) bond motifs is 2. The van der Waals surface area contributed by atoms with Crippen molar-refractivity contribution < 1.29 is 0 Å². The van der Waals surface area contributed by atoms with E-state index in [9.17, 15) is 0 Å². The molecule has 6 rings (SSSR count). The first-order valence-corrected chi connectivity index (χ1v) is 12.6. The van der Waals surface area contributed by atoms with Crippen LogP contribution in [0.15, 0.2) is 49.1 Å². The summed E-state index contributed by atoms with van der Waals surface area (Å²) in [6, 6.07) is 11.3. The third-order valence-corrected chi connectivity index (χ3v) is 7.51. The normalized spacial score (nSPS) is 15.7. The van der Waals surface area contributed by atoms with Crippen molar-refractivity contribution in [2.75, 3.05) is 13.1 Å². The fourth-order valence-corrected chi connectivity index (χ4v) is 5.79. The van der Waals surface area contributed by atoms with Crippen LogP contribution < -0.4 is 0 Å². The SMILES string of the molecule is CC(C)c1c(-c2cn(C)c3ncccc23)[nH]c2ccc(C3CCN(Cc4ncn(C)n4)CC3)cc12. The van der Waals surface area contributed by atoms with Gasteiger partial charge in [0, 0.05) is 48.3 Å². The number of H-pyrrole nitrogens is 1. The van der Waals surface area contributed by atoms with E-state index in [2.05, 4.69) is 80.9 Å². The maximum absolute atomic E-state index is 4.60. The maximum Gasteiger partial charge on any atom is 0.164 e. The molecule has 0 amide bonds. The molecule has 7 heteroatoms. The number of aromatic amines is 1. The Kier molecular flexibility index (Phi) is 5.44. The summed E-state index contributed by atoms with van der Waals surface area (Å²) in [4.78, 5) is 15.2. The van der Waals surface area contributed by atoms with Gasteiger partial charge in [-0.1, -0.05) is 19.9 Å². The number of pyridine rings is 1. The molecule has 1 N–H and O–H groups in total. The van der Waals surface area contributed by atoms with Crippen molar-refractivity contribution in [3.05, 3.63) is 66.0 Å². The average molecular weight is 468 g/mol. The van der Waals surface area contributed by atoms with Crippen molar-refractivity contribution in [3.63, 3.8) is 0 Å². The lowest BCUT2D eigenvalue weighted by atomic mass is 9.87. The van der Waals surface area contributed by atoms with Gasteiger partial charge in [0.2, 0.25) is 0 Å². The number of rotatable bonds is 5. The predicted octanol–water partition coefficient (Wildman–Crippen LogP) is 5.35. The van der Waals surface area contributed by atoms with Crippen LogP contribution in [0, 0.1) is 0 Å². The van der Waals surface area contributed by atoms with E-state index in [1.54, 1.807) is 11.0 Å². The van der Waals surface area contributed by atoms with Gasteiger partial charge in [-0.2, -0.15) is 5.10 Å². The van der Waals surface area contributed by atoms with E-state index < -0.39 is 0 Å². The third-order valence-electron chi connectivity index (χ3n) is 7.51. The van der Waals surface area contributed by atoms with Gasteiger partial charge in [0.05, 0.1) is 12.2 Å². The van der Waals surface area contributed by atoms with Crippen LogP contribution in [0.3, 0.4) is 0 Å². The Morgan fingerprint density at radius 2 is 1.89 bits per heavy atom. The first-order valence-electron chi connectivity index (χ1n) is 12.6. The molecule has 5 aromatic rings. The zero-order valence-corrected chi connectivity index (χ0v) is 21.0. The second-order valence-corrected chi connectivity index (χ2v) is 10.3. The molecule has 35 heavy (non-hydrogen) atoms. The third kappa shape index (κ3) is 3.93. The molecule has 0 saturated carbocycles. The molecule has 1 aliphatic heterocycles. The van der Waals surface area contributed by atoms with Gasteiger partial charge in [0.25, 0.3) is 0 Å². The van der Waals surface area contributed by atoms with Gasteiger partial charge in [0.1, 0.15) is 12.0 Å². The maximum atomic E-state index is 4.60. The molecule has 1 aromatic carbocycles. The number of nitrogens with zero attached hydrogens (tertiary/aromatic N) is 6. The highest BCUT2D eigenvalue weighted by molar-refractivity contribution is 5.99. The lowest BCUT2D eigenvalue weighted by Crippen LogP contribution is -2.32. The van der Waals surface area contributed by atoms with E-state index in [0.717, 1.165) is 31.1 Å². The standard InChI is InChI=1S/C28H33N7/c1-18(2)26-22-14-20(19-9-12-35(13-10-19)16-25-30-17-34(4)32-25)7-8-24(22)31-27(26)23-15-33(3)28-21(23)6-5-11-29-28/h5-8,11,14-15,17-19,31H,9-10,12-13,16H2,1-4H3. The van der Waals surface area contributed by atoms with Crippen LogP contribution >= 0.6 is 0 Å². The Hall–Kier alpha value is -3.45. The average Bonchev–Trinajstić information content (AvgIpc) is 3.54. The summed E-state index contributed by atoms with van der Waals surface area (Å²) >= 11 is 0. The number of benzene rings is 1. The highest BCUT2D eigenvalue weighted by Gasteiger charge is 2.24. The quantitative estimate of drug-likeness (QED) is 0.378. The van der Waals surface area contributed by atoms with Gasteiger partial charge in [-0.05, 0) is 73.2 Å². The molecule has 5 heterocycles. The molecule has 0 atom stereocenters. The molecule has 0 aliphatic carbocycles. The summed E-state index contributed by atoms with van der Waals surface area (Å²) in [5.74, 6) is 1.92. The Bertz CT molecular complexity index is 1490. The largest absolute Gasteiger partial charge is 0.354 e. The number of piperidine rings is 1. The van der Waals surface area contributed by atoms with Crippen LogP contribution in [0.4, 0.5) is 0 Å². The molecular weight excluding hydrogens is 434 g/mol. The minimum absolute atomic E-state index is 0.411. The van der Waals surface area contributed by atoms with Gasteiger partial charge < -0.3 is 9.55 Å². The van der Waals surface area contributed by atoms with Crippen LogP contribution in [-0.2, 0) is 20.6 Å². The Labute approximate surface area is 205 Å². The van der Waals surface area contributed by atoms with Gasteiger partial charge in [0.15, 0.2) is 5.82 Å². The lowest BCUT2D eigenvalue weighted by molar-refractivity contribution is 0.200. The summed E-state index contributed by atoms with van der Waals surface area (Å²) in [7, 11) is 4.00. The molecule has 0 bridgehead atoms. The number of hydrogen-bond donors (Lipinski definition) is 1. The summed E-state index contributed by atoms with van der Waals surface area (Å²) in [6.07, 6.45) is 8.19. The van der Waals surface area contributed by atoms with Crippen molar-refractivity contribution in [1.29, 1.82) is 0 Å². The monoisotopic (exact) mass is 467 g/mol. The number of aromatic nitrogens is 6. The van der Waals surface area contributed by atoms with E-state index in [4.69, 9.17) is 0 Å². The van der Waals surface area contributed by atoms with Crippen molar-refractivity contribution in [3.8, 4) is 11.3 Å². The van der Waals surface area contributed by atoms with Crippen LogP contribution in [0.2, 0.25) is 0 Å². The molecule has 4 aromatic heterocycles. The Balaban J connectivity index is 1.31. The summed E-state index contributed by atoms with van der Waals surface area (Å²) < 4.78 is 3.91. The second-order valence-electron chi connectivity index (χ2n) is 10.3. The first kappa shape index (κ1) is 22.0. The topological polar surface area (TPSA) is 67.6 Å². The Morgan fingerprint density at radius 1 is 1.06 bits per heavy atom. The van der Waals surface area contributed by atoms with Crippen molar-refractivity contribution in [1.82, 2.24) is 34.2 Å². The summed E-state index contributed by atoms with van der Waals surface area (Å²) in [6.45, 7) is 7.60. The molecule has 1 fully saturated rings. The molecule has 1 saturated heterocycles. The van der Waals surface area contributed by atoms with Crippen LogP contribution in [-0.4, -0.2) is 47.3 Å². The molecule has 180 valence electrons. The Morgan fingerprint density at radius 3 is 2.63 bits per heavy atom. The lowest BCUT2D eigenvalue weighted by Gasteiger charge is -2.31. The van der Waals surface area contributed by atoms with E-state index in [1.807, 2.05) is 19.3 Å². The zero-order valence-electron chi connectivity index (χ0n) is 21.0. The molecule has 0 spiro atoms. The van der Waals surface area contributed by atoms with Crippen LogP contribution in [0.5, 0.6) is 0 Å². The summed E-state index contributed by atoms with van der Waals surface area (Å²) in [5, 5.41) is 6.99. The highest BCUT2D eigenvalue weighted by atomic mass is 15.3. The van der Waals surface area contributed by atoms with Crippen molar-refractivity contribution in [2.45, 2.75) is 45.1 Å². The first-order chi connectivity index (χ1) is 17.0. The molecule has 7 nitrogen and oxygen atoms in total. The smallest absolute Gasteiger partial charge is 0.164 e. The van der Waals surface area contributed by atoms with Gasteiger partial charge in [-0.15, -0.1) is 0 Å². The van der Waals surface area contributed by atoms with Gasteiger partial charge in [-0.3, -0.25) is 9.58 Å². The van der Waals surface area contributed by atoms with Crippen LogP contribution in [0.25, 0.3) is 33.2 Å². The number of nitrogens with one attached hydrogen (secondary N) is 1. The summed E-state index contributed by atoms with van der Waals surface area (Å²) in [5.41, 5.74) is 7.55.